The van der Waals surface area contributed by atoms with Gasteiger partial charge in [0.2, 0.25) is 5.91 Å². The first kappa shape index (κ1) is 19.8. The smallest absolute Gasteiger partial charge is 0.238 e. The van der Waals surface area contributed by atoms with Gasteiger partial charge in [0, 0.05) is 50.0 Å². The number of nitrogens with zero attached hydrogens (tertiary/aromatic N) is 2. The highest BCUT2D eigenvalue weighted by Gasteiger charge is 2.26. The molecule has 0 aromatic heterocycles. The minimum atomic E-state index is -0.0216. The summed E-state index contributed by atoms with van der Waals surface area (Å²) in [5.41, 5.74) is 1.30. The van der Waals surface area contributed by atoms with Crippen LogP contribution >= 0.6 is 12.4 Å². The van der Waals surface area contributed by atoms with Gasteiger partial charge in [-0.15, -0.1) is 12.4 Å². The average molecular weight is 367 g/mol. The topological polar surface area (TPSA) is 64.7 Å². The lowest BCUT2D eigenvalue weighted by atomic mass is 10.1. The Labute approximate surface area is 155 Å². The minimum Gasteiger partial charge on any atom is -0.325 e. The first-order valence-electron chi connectivity index (χ1n) is 8.70. The third-order valence-corrected chi connectivity index (χ3v) is 4.88. The number of benzene rings is 1. The summed E-state index contributed by atoms with van der Waals surface area (Å²) < 4.78 is 0. The highest BCUT2D eigenvalue weighted by Crippen LogP contribution is 2.13. The highest BCUT2D eigenvalue weighted by atomic mass is 35.5. The summed E-state index contributed by atoms with van der Waals surface area (Å²) in [6.45, 7) is 8.05. The number of amides is 1. The van der Waals surface area contributed by atoms with Crippen molar-refractivity contribution in [3.63, 3.8) is 0 Å². The zero-order chi connectivity index (χ0) is 16.9. The van der Waals surface area contributed by atoms with Crippen molar-refractivity contribution >= 4 is 29.8 Å². The van der Waals surface area contributed by atoms with Crippen LogP contribution in [0, 0.1) is 0 Å². The van der Waals surface area contributed by atoms with E-state index < -0.39 is 0 Å². The van der Waals surface area contributed by atoms with Crippen LogP contribution in [0.1, 0.15) is 23.7 Å². The molecule has 0 spiro atoms. The van der Waals surface area contributed by atoms with Crippen LogP contribution in [0.3, 0.4) is 0 Å². The molecule has 2 N–H and O–H groups in total. The largest absolute Gasteiger partial charge is 0.325 e. The number of hydrogen-bond acceptors (Lipinski definition) is 5. The molecule has 25 heavy (non-hydrogen) atoms. The first-order valence-corrected chi connectivity index (χ1v) is 8.70. The van der Waals surface area contributed by atoms with Gasteiger partial charge in [-0.2, -0.15) is 0 Å². The highest BCUT2D eigenvalue weighted by molar-refractivity contribution is 5.97. The standard InChI is InChI=1S/C18H26N4O2.ClH/c1-14(23)15-3-2-4-16(11-15)20-18(24)13-21-7-9-22(10-8-21)17-5-6-19-12-17;/h2-4,11,17,19H,5-10,12-13H2,1H3,(H,20,24);1H. The van der Waals surface area contributed by atoms with E-state index in [9.17, 15) is 9.59 Å². The van der Waals surface area contributed by atoms with Crippen molar-refractivity contribution in [3.8, 4) is 0 Å². The number of nitrogens with one attached hydrogen (secondary N) is 2. The molecular weight excluding hydrogens is 340 g/mol. The lowest BCUT2D eigenvalue weighted by Crippen LogP contribution is -2.52. The van der Waals surface area contributed by atoms with E-state index in [1.54, 1.807) is 18.2 Å². The Kier molecular flexibility index (Phi) is 7.38. The summed E-state index contributed by atoms with van der Waals surface area (Å²) in [5.74, 6) is -0.0182. The number of anilines is 1. The third kappa shape index (κ3) is 5.51. The van der Waals surface area contributed by atoms with Crippen LogP contribution in [-0.2, 0) is 4.79 Å². The minimum absolute atomic E-state index is 0. The molecule has 2 aliphatic heterocycles. The zero-order valence-corrected chi connectivity index (χ0v) is 15.5. The molecule has 2 saturated heterocycles. The maximum Gasteiger partial charge on any atom is 0.238 e. The van der Waals surface area contributed by atoms with E-state index in [1.807, 2.05) is 6.07 Å². The van der Waals surface area contributed by atoms with Gasteiger partial charge in [0.05, 0.1) is 6.54 Å². The quantitative estimate of drug-likeness (QED) is 0.767. The van der Waals surface area contributed by atoms with Crippen LogP contribution in [0.4, 0.5) is 5.69 Å². The number of piperazine rings is 1. The van der Waals surface area contributed by atoms with E-state index in [-0.39, 0.29) is 24.1 Å². The molecule has 3 rings (SSSR count). The van der Waals surface area contributed by atoms with Gasteiger partial charge in [-0.05, 0) is 32.0 Å². The maximum atomic E-state index is 12.2. The molecule has 6 nitrogen and oxygen atoms in total. The van der Waals surface area contributed by atoms with Crippen molar-refractivity contribution in [1.82, 2.24) is 15.1 Å². The van der Waals surface area contributed by atoms with Gasteiger partial charge in [0.1, 0.15) is 0 Å². The van der Waals surface area contributed by atoms with Gasteiger partial charge in [-0.1, -0.05) is 12.1 Å². The molecule has 1 aromatic carbocycles. The molecular formula is C18H27ClN4O2. The Morgan fingerprint density at radius 1 is 1.24 bits per heavy atom. The van der Waals surface area contributed by atoms with Gasteiger partial charge < -0.3 is 10.6 Å². The maximum absolute atomic E-state index is 12.2. The monoisotopic (exact) mass is 366 g/mol. The number of hydrogen-bond donors (Lipinski definition) is 2. The number of Topliss-reactive ketones (excluding diaryl/α,β-unsaturated/α-hetero) is 1. The van der Waals surface area contributed by atoms with Crippen LogP contribution in [-0.4, -0.2) is 73.3 Å². The number of halogens is 1. The van der Waals surface area contributed by atoms with Crippen molar-refractivity contribution in [1.29, 1.82) is 0 Å². The van der Waals surface area contributed by atoms with Gasteiger partial charge in [-0.3, -0.25) is 19.4 Å². The lowest BCUT2D eigenvalue weighted by molar-refractivity contribution is -0.117. The summed E-state index contributed by atoms with van der Waals surface area (Å²) in [6, 6.07) is 7.76. The fraction of sp³-hybridized carbons (Fsp3) is 0.556. The van der Waals surface area contributed by atoms with E-state index in [2.05, 4.69) is 20.4 Å². The van der Waals surface area contributed by atoms with Crippen LogP contribution < -0.4 is 10.6 Å². The Balaban J connectivity index is 0.00000225. The molecule has 0 radical (unpaired) electrons. The normalized spacial score (nSPS) is 21.6. The summed E-state index contributed by atoms with van der Waals surface area (Å²) in [6.07, 6.45) is 1.23. The number of rotatable bonds is 5. The number of carbonyl (C=O) groups excluding carboxylic acids is 2. The fourth-order valence-corrected chi connectivity index (χ4v) is 3.46. The van der Waals surface area contributed by atoms with E-state index >= 15 is 0 Å². The number of ketones is 1. The van der Waals surface area contributed by atoms with E-state index in [1.165, 1.54) is 13.3 Å². The second-order valence-electron chi connectivity index (χ2n) is 6.64. The zero-order valence-electron chi connectivity index (χ0n) is 14.7. The molecule has 1 aromatic rings. The van der Waals surface area contributed by atoms with Gasteiger partial charge in [0.15, 0.2) is 5.78 Å². The molecule has 2 heterocycles. The second kappa shape index (κ2) is 9.29. The van der Waals surface area contributed by atoms with Crippen LogP contribution in [0.15, 0.2) is 24.3 Å². The van der Waals surface area contributed by atoms with Crippen molar-refractivity contribution in [2.75, 3.05) is 51.1 Å². The van der Waals surface area contributed by atoms with Crippen molar-refractivity contribution in [3.05, 3.63) is 29.8 Å². The Bertz CT molecular complexity index is 596. The van der Waals surface area contributed by atoms with E-state index in [0.717, 1.165) is 39.3 Å². The van der Waals surface area contributed by atoms with Gasteiger partial charge in [-0.25, -0.2) is 0 Å². The molecule has 0 saturated carbocycles. The summed E-state index contributed by atoms with van der Waals surface area (Å²) in [7, 11) is 0. The van der Waals surface area contributed by atoms with E-state index in [0.29, 0.717) is 23.8 Å². The molecule has 1 atom stereocenters. The Morgan fingerprint density at radius 2 is 2.00 bits per heavy atom. The predicted molar refractivity (Wildman–Crippen MR) is 102 cm³/mol. The lowest BCUT2D eigenvalue weighted by Gasteiger charge is -2.37. The summed E-state index contributed by atoms with van der Waals surface area (Å²) >= 11 is 0. The molecule has 7 heteroatoms. The second-order valence-corrected chi connectivity index (χ2v) is 6.64. The predicted octanol–water partition coefficient (Wildman–Crippen LogP) is 1.23. The van der Waals surface area contributed by atoms with Crippen LogP contribution in [0.5, 0.6) is 0 Å². The summed E-state index contributed by atoms with van der Waals surface area (Å²) in [4.78, 5) is 28.4. The molecule has 138 valence electrons. The van der Waals surface area contributed by atoms with Gasteiger partial charge >= 0.3 is 0 Å². The molecule has 2 aliphatic rings. The molecule has 2 fully saturated rings. The first-order chi connectivity index (χ1) is 11.6. The van der Waals surface area contributed by atoms with Crippen LogP contribution in [0.25, 0.3) is 0 Å². The Morgan fingerprint density at radius 3 is 2.64 bits per heavy atom. The van der Waals surface area contributed by atoms with Crippen LogP contribution in [0.2, 0.25) is 0 Å². The van der Waals surface area contributed by atoms with Gasteiger partial charge in [0.25, 0.3) is 0 Å². The Hall–Kier alpha value is -1.47. The average Bonchev–Trinajstić information content (AvgIpc) is 3.10. The molecule has 1 unspecified atom stereocenters. The molecule has 0 bridgehead atoms. The van der Waals surface area contributed by atoms with E-state index in [4.69, 9.17) is 0 Å². The van der Waals surface area contributed by atoms with Crippen molar-refractivity contribution in [2.45, 2.75) is 19.4 Å². The third-order valence-electron chi connectivity index (χ3n) is 4.88. The number of carbonyl (C=O) groups is 2. The molecule has 0 aliphatic carbocycles. The SMILES string of the molecule is CC(=O)c1cccc(NC(=O)CN2CCN(C3CCNC3)CC2)c1.Cl. The summed E-state index contributed by atoms with van der Waals surface area (Å²) in [5, 5.41) is 6.30. The van der Waals surface area contributed by atoms with Crippen molar-refractivity contribution < 1.29 is 9.59 Å². The van der Waals surface area contributed by atoms with Crippen molar-refractivity contribution in [2.24, 2.45) is 0 Å². The fourth-order valence-electron chi connectivity index (χ4n) is 3.46. The molecule has 1 amide bonds.